The summed E-state index contributed by atoms with van der Waals surface area (Å²) in [5.74, 6) is 0.556. The largest absolute Gasteiger partial charge is 0.597 e. The maximum Gasteiger partial charge on any atom is 0.137 e. The number of hydrogen-bond donors (Lipinski definition) is 0. The topological polar surface area (TPSA) is 48.4 Å². The second-order valence-corrected chi connectivity index (χ2v) is 7.81. The Kier molecular flexibility index (Phi) is 5.92. The van der Waals surface area contributed by atoms with Crippen molar-refractivity contribution in [1.82, 2.24) is 9.29 Å². The molecular weight excluding hydrogens is 271 g/mol. The van der Waals surface area contributed by atoms with E-state index in [0.717, 1.165) is 5.69 Å². The van der Waals surface area contributed by atoms with Gasteiger partial charge in [0.2, 0.25) is 0 Å². The summed E-state index contributed by atoms with van der Waals surface area (Å²) in [4.78, 5) is 4.36. The van der Waals surface area contributed by atoms with Gasteiger partial charge in [-0.3, -0.25) is 4.98 Å². The van der Waals surface area contributed by atoms with E-state index in [1.807, 2.05) is 38.9 Å². The van der Waals surface area contributed by atoms with Crippen molar-refractivity contribution in [3.63, 3.8) is 0 Å². The molecule has 20 heavy (non-hydrogen) atoms. The van der Waals surface area contributed by atoms with Crippen molar-refractivity contribution in [2.24, 2.45) is 0 Å². The predicted molar refractivity (Wildman–Crippen MR) is 84.9 cm³/mol. The molecule has 0 aromatic carbocycles. The van der Waals surface area contributed by atoms with Gasteiger partial charge >= 0.3 is 0 Å². The highest BCUT2D eigenvalue weighted by atomic mass is 32.2. The van der Waals surface area contributed by atoms with Gasteiger partial charge in [-0.2, -0.15) is 0 Å². The zero-order chi connectivity index (χ0) is 15.5. The monoisotopic (exact) mass is 294 g/mol. The van der Waals surface area contributed by atoms with Crippen molar-refractivity contribution in [1.29, 1.82) is 0 Å². The number of rotatable bonds is 5. The molecule has 2 unspecified atom stereocenters. The predicted octanol–water partition coefficient (Wildman–Crippen LogP) is 1.73. The van der Waals surface area contributed by atoms with Crippen LogP contribution < -0.4 is 10.2 Å². The second kappa shape index (κ2) is 6.83. The Balaban J connectivity index is 3.02. The molecule has 1 aromatic heterocycles. The molecule has 1 rings (SSSR count). The standard InChI is InChI=1S/C14H23BN2O2S/c1-7-17(20(18)14(3,4)5)10(2)12-8-11(15)13(19-6)9-16-12/h8-10H,7H2,1-6H3. The van der Waals surface area contributed by atoms with Crippen LogP contribution in [0.25, 0.3) is 0 Å². The zero-order valence-electron chi connectivity index (χ0n) is 13.1. The van der Waals surface area contributed by atoms with E-state index in [9.17, 15) is 4.55 Å². The van der Waals surface area contributed by atoms with Crippen LogP contribution in [0.2, 0.25) is 0 Å². The number of ether oxygens (including phenoxy) is 1. The van der Waals surface area contributed by atoms with Crippen molar-refractivity contribution in [2.75, 3.05) is 13.7 Å². The van der Waals surface area contributed by atoms with Gasteiger partial charge in [0.15, 0.2) is 0 Å². The molecule has 0 saturated heterocycles. The average Bonchev–Trinajstić information content (AvgIpc) is 2.38. The lowest BCUT2D eigenvalue weighted by Gasteiger charge is -2.35. The highest BCUT2D eigenvalue weighted by Gasteiger charge is 2.36. The summed E-state index contributed by atoms with van der Waals surface area (Å²) in [5.41, 5.74) is 1.34. The normalized spacial score (nSPS) is 15.2. The van der Waals surface area contributed by atoms with Crippen molar-refractivity contribution in [3.05, 3.63) is 18.0 Å². The summed E-state index contributed by atoms with van der Waals surface area (Å²) >= 11 is -1.10. The molecule has 1 aromatic rings. The van der Waals surface area contributed by atoms with Gasteiger partial charge in [-0.25, -0.2) is 0 Å². The van der Waals surface area contributed by atoms with Crippen LogP contribution in [0.3, 0.4) is 0 Å². The first-order valence-corrected chi connectivity index (χ1v) is 7.81. The first-order chi connectivity index (χ1) is 9.22. The Hall–Kier alpha value is -0.715. The first-order valence-electron chi connectivity index (χ1n) is 6.70. The minimum absolute atomic E-state index is 0.0757. The molecule has 0 amide bonds. The minimum Gasteiger partial charge on any atom is -0.597 e. The molecule has 2 atom stereocenters. The summed E-state index contributed by atoms with van der Waals surface area (Å²) in [6, 6.07) is 1.71. The smallest absolute Gasteiger partial charge is 0.137 e. The molecule has 0 spiro atoms. The Bertz CT molecular complexity index is 451. The minimum atomic E-state index is -1.10. The lowest BCUT2D eigenvalue weighted by atomic mass is 9.94. The third kappa shape index (κ3) is 3.90. The zero-order valence-corrected chi connectivity index (χ0v) is 14.0. The first kappa shape index (κ1) is 17.3. The van der Waals surface area contributed by atoms with Crippen LogP contribution in [0.15, 0.2) is 12.3 Å². The molecule has 4 nitrogen and oxygen atoms in total. The van der Waals surface area contributed by atoms with E-state index in [1.54, 1.807) is 19.4 Å². The van der Waals surface area contributed by atoms with Crippen molar-refractivity contribution in [3.8, 4) is 5.75 Å². The fraction of sp³-hybridized carbons (Fsp3) is 0.643. The summed E-state index contributed by atoms with van der Waals surface area (Å²) < 4.78 is 19.3. The SMILES string of the molecule is [B]c1cc(C(C)N(CC)[S+]([O-])C(C)(C)C)ncc1OC. The Labute approximate surface area is 126 Å². The summed E-state index contributed by atoms with van der Waals surface area (Å²) in [6.45, 7) is 10.6. The number of pyridine rings is 1. The maximum absolute atomic E-state index is 12.6. The molecular formula is C14H23BN2O2S. The van der Waals surface area contributed by atoms with Gasteiger partial charge in [-0.1, -0.05) is 5.46 Å². The van der Waals surface area contributed by atoms with Crippen LogP contribution in [-0.2, 0) is 11.4 Å². The molecule has 0 aliphatic carbocycles. The molecule has 0 bridgehead atoms. The summed E-state index contributed by atoms with van der Waals surface area (Å²) in [5, 5.41) is 0. The van der Waals surface area contributed by atoms with E-state index >= 15 is 0 Å². The van der Waals surface area contributed by atoms with Gasteiger partial charge in [0.05, 0.1) is 25.0 Å². The van der Waals surface area contributed by atoms with Crippen molar-refractivity contribution >= 4 is 24.7 Å². The Morgan fingerprint density at radius 2 is 2.10 bits per heavy atom. The number of hydrogen-bond acceptors (Lipinski definition) is 4. The van der Waals surface area contributed by atoms with E-state index < -0.39 is 11.4 Å². The van der Waals surface area contributed by atoms with E-state index in [2.05, 4.69) is 4.98 Å². The van der Waals surface area contributed by atoms with Gasteiger partial charge in [0, 0.05) is 17.9 Å². The number of methoxy groups -OCH3 is 1. The average molecular weight is 294 g/mol. The number of aromatic nitrogens is 1. The fourth-order valence-electron chi connectivity index (χ4n) is 1.91. The molecule has 1 heterocycles. The van der Waals surface area contributed by atoms with E-state index in [-0.39, 0.29) is 10.8 Å². The fourth-order valence-corrected chi connectivity index (χ4v) is 3.24. The van der Waals surface area contributed by atoms with E-state index in [1.165, 1.54) is 0 Å². The van der Waals surface area contributed by atoms with Crippen molar-refractivity contribution < 1.29 is 9.29 Å². The molecule has 0 aliphatic rings. The van der Waals surface area contributed by atoms with Gasteiger partial charge < -0.3 is 9.29 Å². The lowest BCUT2D eigenvalue weighted by Crippen LogP contribution is -2.44. The van der Waals surface area contributed by atoms with Crippen molar-refractivity contribution in [2.45, 2.75) is 45.4 Å². The van der Waals surface area contributed by atoms with Crippen LogP contribution >= 0.6 is 0 Å². The molecule has 0 fully saturated rings. The molecule has 0 aliphatic heterocycles. The van der Waals surface area contributed by atoms with E-state index in [0.29, 0.717) is 17.8 Å². The van der Waals surface area contributed by atoms with E-state index in [4.69, 9.17) is 12.6 Å². The van der Waals surface area contributed by atoms with Crippen LogP contribution in [0.4, 0.5) is 0 Å². The van der Waals surface area contributed by atoms with Gasteiger partial charge in [-0.05, 0) is 40.7 Å². The Morgan fingerprint density at radius 3 is 2.50 bits per heavy atom. The highest BCUT2D eigenvalue weighted by molar-refractivity contribution is 7.90. The molecule has 6 heteroatoms. The summed E-state index contributed by atoms with van der Waals surface area (Å²) in [7, 11) is 7.47. The molecule has 2 radical (unpaired) electrons. The molecule has 0 N–H and O–H groups in total. The van der Waals surface area contributed by atoms with Crippen LogP contribution in [0, 0.1) is 0 Å². The van der Waals surface area contributed by atoms with Crippen LogP contribution in [-0.4, -0.2) is 40.1 Å². The highest BCUT2D eigenvalue weighted by Crippen LogP contribution is 2.28. The molecule has 0 saturated carbocycles. The lowest BCUT2D eigenvalue weighted by molar-refractivity contribution is 0.339. The second-order valence-electron chi connectivity index (χ2n) is 5.62. The van der Waals surface area contributed by atoms with Crippen LogP contribution in [0.1, 0.15) is 46.4 Å². The third-order valence-electron chi connectivity index (χ3n) is 3.05. The van der Waals surface area contributed by atoms with Gasteiger partial charge in [-0.15, -0.1) is 4.31 Å². The Morgan fingerprint density at radius 1 is 1.50 bits per heavy atom. The van der Waals surface area contributed by atoms with Gasteiger partial charge in [0.25, 0.3) is 0 Å². The number of nitrogens with zero attached hydrogens (tertiary/aromatic N) is 2. The molecule has 110 valence electrons. The van der Waals surface area contributed by atoms with Crippen LogP contribution in [0.5, 0.6) is 5.75 Å². The third-order valence-corrected chi connectivity index (χ3v) is 5.10. The maximum atomic E-state index is 12.6. The van der Waals surface area contributed by atoms with Gasteiger partial charge in [0.1, 0.15) is 18.3 Å². The quantitative estimate of drug-likeness (QED) is 0.613. The summed E-state index contributed by atoms with van der Waals surface area (Å²) in [6.07, 6.45) is 1.61.